The summed E-state index contributed by atoms with van der Waals surface area (Å²) >= 11 is 0. The molecule has 0 unspecified atom stereocenters. The van der Waals surface area contributed by atoms with E-state index in [0.29, 0.717) is 17.5 Å². The maximum atomic E-state index is 5.00. The molecule has 0 radical (unpaired) electrons. The second-order valence-electron chi connectivity index (χ2n) is 11.0. The van der Waals surface area contributed by atoms with Crippen LogP contribution in [0.25, 0.3) is 56.4 Å². The van der Waals surface area contributed by atoms with Gasteiger partial charge < -0.3 is 0 Å². The number of hydrogen-bond donors (Lipinski definition) is 0. The van der Waals surface area contributed by atoms with Gasteiger partial charge in [-0.05, 0) is 80.1 Å². The third-order valence-corrected chi connectivity index (χ3v) is 7.64. The van der Waals surface area contributed by atoms with Gasteiger partial charge in [0.1, 0.15) is 0 Å². The number of rotatable bonds is 5. The van der Waals surface area contributed by atoms with Gasteiger partial charge >= 0.3 is 0 Å². The highest BCUT2D eigenvalue weighted by Crippen LogP contribution is 2.32. The first-order valence-corrected chi connectivity index (χ1v) is 14.0. The van der Waals surface area contributed by atoms with E-state index >= 15 is 0 Å². The molecule has 0 aliphatic carbocycles. The van der Waals surface area contributed by atoms with Crippen LogP contribution in [-0.2, 0) is 0 Å². The highest BCUT2D eigenvalue weighted by atomic mass is 15.0. The lowest BCUT2D eigenvalue weighted by atomic mass is 9.97. The topological polar surface area (TPSA) is 38.7 Å². The largest absolute Gasteiger partial charge is 0.208 e. The molecule has 0 amide bonds. The zero-order valence-corrected chi connectivity index (χ0v) is 24.2. The molecule has 0 saturated carbocycles. The van der Waals surface area contributed by atoms with Crippen molar-refractivity contribution in [3.63, 3.8) is 0 Å². The fourth-order valence-corrected chi connectivity index (χ4v) is 5.19. The van der Waals surface area contributed by atoms with Crippen molar-refractivity contribution in [3.8, 4) is 56.4 Å². The van der Waals surface area contributed by atoms with Gasteiger partial charge in [0, 0.05) is 16.7 Å². The highest BCUT2D eigenvalue weighted by Gasteiger charge is 2.15. The highest BCUT2D eigenvalue weighted by molar-refractivity contribution is 5.75. The second-order valence-corrected chi connectivity index (χ2v) is 11.0. The summed E-state index contributed by atoms with van der Waals surface area (Å²) in [6, 6.07) is 38.6. The van der Waals surface area contributed by atoms with Crippen LogP contribution >= 0.6 is 0 Å². The van der Waals surface area contributed by atoms with Gasteiger partial charge in [0.15, 0.2) is 17.5 Å². The van der Waals surface area contributed by atoms with Crippen LogP contribution in [0.5, 0.6) is 0 Å². The molecule has 3 heteroatoms. The minimum Gasteiger partial charge on any atom is -0.208 e. The van der Waals surface area contributed by atoms with Crippen LogP contribution in [0.15, 0.2) is 109 Å². The van der Waals surface area contributed by atoms with Gasteiger partial charge in [-0.25, -0.2) is 15.0 Å². The number of nitrogens with zero attached hydrogens (tertiary/aromatic N) is 3. The van der Waals surface area contributed by atoms with Gasteiger partial charge in [0.05, 0.1) is 0 Å². The molecule has 0 fully saturated rings. The Kier molecular flexibility index (Phi) is 7.03. The molecule has 6 aromatic rings. The van der Waals surface area contributed by atoms with Crippen LogP contribution in [0.1, 0.15) is 27.8 Å². The SMILES string of the molecule is Cc1ccc(-c2nc(-c3ccc(-c4ccc(C)cc4)c(C)c3)nc(-c3ccc(-c4ccc(C)cc4)c(C)c3)n2)cc1. The molecule has 200 valence electrons. The fraction of sp³-hybridized carbons (Fsp3) is 0.132. The van der Waals surface area contributed by atoms with Gasteiger partial charge in [-0.1, -0.05) is 114 Å². The lowest BCUT2D eigenvalue weighted by Crippen LogP contribution is -2.01. The Morgan fingerprint density at radius 1 is 0.317 bits per heavy atom. The Labute approximate surface area is 242 Å². The lowest BCUT2D eigenvalue weighted by molar-refractivity contribution is 1.07. The zero-order chi connectivity index (χ0) is 28.5. The molecule has 1 heterocycles. The van der Waals surface area contributed by atoms with Gasteiger partial charge in [-0.3, -0.25) is 0 Å². The first-order valence-electron chi connectivity index (χ1n) is 14.0. The summed E-state index contributed by atoms with van der Waals surface area (Å²) in [4.78, 5) is 14.9. The average Bonchev–Trinajstić information content (AvgIpc) is 2.98. The van der Waals surface area contributed by atoms with E-state index < -0.39 is 0 Å². The Hall–Kier alpha value is -4.89. The number of aryl methyl sites for hydroxylation is 5. The van der Waals surface area contributed by atoms with Crippen LogP contribution in [0.2, 0.25) is 0 Å². The fourth-order valence-electron chi connectivity index (χ4n) is 5.19. The summed E-state index contributed by atoms with van der Waals surface area (Å²) in [5.41, 5.74) is 13.8. The monoisotopic (exact) mass is 531 g/mol. The Bertz CT molecular complexity index is 1740. The molecule has 3 nitrogen and oxygen atoms in total. The quantitative estimate of drug-likeness (QED) is 0.222. The summed E-state index contributed by atoms with van der Waals surface area (Å²) < 4.78 is 0. The number of aromatic nitrogens is 3. The van der Waals surface area contributed by atoms with Gasteiger partial charge in [-0.15, -0.1) is 0 Å². The van der Waals surface area contributed by atoms with Crippen molar-refractivity contribution in [3.05, 3.63) is 137 Å². The third-order valence-electron chi connectivity index (χ3n) is 7.64. The maximum absolute atomic E-state index is 5.00. The summed E-state index contributed by atoms with van der Waals surface area (Å²) in [5.74, 6) is 2.01. The molecule has 0 aliphatic heterocycles. The van der Waals surface area contributed by atoms with E-state index in [1.165, 1.54) is 50.1 Å². The summed E-state index contributed by atoms with van der Waals surface area (Å²) in [6.07, 6.45) is 0. The molecule has 0 N–H and O–H groups in total. The van der Waals surface area contributed by atoms with E-state index in [9.17, 15) is 0 Å². The molecular formula is C38H33N3. The summed E-state index contributed by atoms with van der Waals surface area (Å²) in [7, 11) is 0. The minimum absolute atomic E-state index is 0.671. The maximum Gasteiger partial charge on any atom is 0.164 e. The predicted molar refractivity (Wildman–Crippen MR) is 171 cm³/mol. The molecular weight excluding hydrogens is 498 g/mol. The zero-order valence-electron chi connectivity index (χ0n) is 24.2. The van der Waals surface area contributed by atoms with Gasteiger partial charge in [0.2, 0.25) is 0 Å². The van der Waals surface area contributed by atoms with E-state index in [1.54, 1.807) is 0 Å². The minimum atomic E-state index is 0.671. The first kappa shape index (κ1) is 26.3. The van der Waals surface area contributed by atoms with Crippen molar-refractivity contribution in [1.82, 2.24) is 15.0 Å². The van der Waals surface area contributed by atoms with Gasteiger partial charge in [-0.2, -0.15) is 0 Å². The molecule has 0 spiro atoms. The van der Waals surface area contributed by atoms with E-state index in [-0.39, 0.29) is 0 Å². The molecule has 6 rings (SSSR count). The van der Waals surface area contributed by atoms with Crippen molar-refractivity contribution in [2.24, 2.45) is 0 Å². The first-order chi connectivity index (χ1) is 19.8. The Morgan fingerprint density at radius 2 is 0.610 bits per heavy atom. The molecule has 0 saturated heterocycles. The number of hydrogen-bond acceptors (Lipinski definition) is 3. The molecule has 0 atom stereocenters. The Balaban J connectivity index is 1.45. The molecule has 41 heavy (non-hydrogen) atoms. The van der Waals surface area contributed by atoms with E-state index in [2.05, 4.69) is 144 Å². The molecule has 5 aromatic carbocycles. The molecule has 0 aliphatic rings. The van der Waals surface area contributed by atoms with Crippen LogP contribution < -0.4 is 0 Å². The normalized spacial score (nSPS) is 11.0. The molecule has 0 bridgehead atoms. The third kappa shape index (κ3) is 5.57. The van der Waals surface area contributed by atoms with Gasteiger partial charge in [0.25, 0.3) is 0 Å². The van der Waals surface area contributed by atoms with Crippen LogP contribution in [0.4, 0.5) is 0 Å². The van der Waals surface area contributed by atoms with Crippen LogP contribution in [0, 0.1) is 34.6 Å². The summed E-state index contributed by atoms with van der Waals surface area (Å²) in [6.45, 7) is 10.6. The van der Waals surface area contributed by atoms with Crippen LogP contribution in [-0.4, -0.2) is 15.0 Å². The van der Waals surface area contributed by atoms with Crippen LogP contribution in [0.3, 0.4) is 0 Å². The van der Waals surface area contributed by atoms with E-state index in [1.807, 2.05) is 0 Å². The van der Waals surface area contributed by atoms with Crippen molar-refractivity contribution < 1.29 is 0 Å². The average molecular weight is 532 g/mol. The van der Waals surface area contributed by atoms with Crippen molar-refractivity contribution in [1.29, 1.82) is 0 Å². The smallest absolute Gasteiger partial charge is 0.164 e. The second kappa shape index (κ2) is 10.9. The lowest BCUT2D eigenvalue weighted by Gasteiger charge is -2.12. The predicted octanol–water partition coefficient (Wildman–Crippen LogP) is 9.75. The summed E-state index contributed by atoms with van der Waals surface area (Å²) in [5, 5.41) is 0. The Morgan fingerprint density at radius 3 is 0.951 bits per heavy atom. The standard InChI is InChI=1S/C38H33N3/c1-24-6-12-29(13-7-24)34-20-18-32(22-27(34)4)37-39-36(31-16-10-26(3)11-17-31)40-38(41-37)33-19-21-35(28(5)23-33)30-14-8-25(2)9-15-30/h6-23H,1-5H3. The van der Waals surface area contributed by atoms with Crippen molar-refractivity contribution in [2.75, 3.05) is 0 Å². The van der Waals surface area contributed by atoms with Crippen molar-refractivity contribution >= 4 is 0 Å². The van der Waals surface area contributed by atoms with Crippen molar-refractivity contribution in [2.45, 2.75) is 34.6 Å². The van der Waals surface area contributed by atoms with E-state index in [4.69, 9.17) is 15.0 Å². The number of benzene rings is 5. The van der Waals surface area contributed by atoms with E-state index in [0.717, 1.165) is 16.7 Å². The molecule has 1 aromatic heterocycles.